The third-order valence-corrected chi connectivity index (χ3v) is 5.05. The highest BCUT2D eigenvalue weighted by Crippen LogP contribution is 2.39. The fourth-order valence-electron chi connectivity index (χ4n) is 3.68. The molecule has 1 aliphatic heterocycles. The van der Waals surface area contributed by atoms with E-state index in [2.05, 4.69) is 5.32 Å². The molecule has 3 aromatic rings. The molecule has 5 heteroatoms. The summed E-state index contributed by atoms with van der Waals surface area (Å²) in [7, 11) is 0. The molecule has 146 valence electrons. The first-order valence-electron chi connectivity index (χ1n) is 9.62. The molecule has 0 spiro atoms. The number of amides is 1. The van der Waals surface area contributed by atoms with Gasteiger partial charge in [0.05, 0.1) is 17.9 Å². The van der Waals surface area contributed by atoms with Crippen molar-refractivity contribution >= 4 is 23.3 Å². The molecule has 0 bridgehead atoms. The lowest BCUT2D eigenvalue weighted by Gasteiger charge is -2.29. The van der Waals surface area contributed by atoms with Crippen LogP contribution < -0.4 is 10.2 Å². The Bertz CT molecular complexity index is 1080. The summed E-state index contributed by atoms with van der Waals surface area (Å²) < 4.78 is 5.19. The molecule has 1 aliphatic rings. The standard InChI is InChI=1S/C24H22N2O3/c1-3-29-24(28)19-13-7-8-14-20(19)25-22-17-11-5-6-12-18(17)23(27)26(22)21-15-9-4-10-16(21)2/h4-15,22,25H,3H2,1-2H3. The van der Waals surface area contributed by atoms with E-state index in [0.717, 1.165) is 16.8 Å². The van der Waals surface area contributed by atoms with Crippen molar-refractivity contribution in [2.45, 2.75) is 20.0 Å². The number of carbonyl (C=O) groups is 2. The van der Waals surface area contributed by atoms with Crippen LogP contribution in [-0.2, 0) is 4.74 Å². The molecule has 4 rings (SSSR count). The Labute approximate surface area is 169 Å². The molecule has 1 amide bonds. The minimum absolute atomic E-state index is 0.0685. The second kappa shape index (κ2) is 7.80. The number of fused-ring (bicyclic) bond motifs is 1. The highest BCUT2D eigenvalue weighted by Gasteiger charge is 2.38. The monoisotopic (exact) mass is 386 g/mol. The normalized spacial score (nSPS) is 15.2. The molecule has 1 atom stereocenters. The van der Waals surface area contributed by atoms with Gasteiger partial charge < -0.3 is 10.1 Å². The lowest BCUT2D eigenvalue weighted by atomic mass is 10.1. The highest BCUT2D eigenvalue weighted by molar-refractivity contribution is 6.12. The summed E-state index contributed by atoms with van der Waals surface area (Å²) in [5, 5.41) is 3.42. The van der Waals surface area contributed by atoms with E-state index in [1.54, 1.807) is 24.0 Å². The van der Waals surface area contributed by atoms with Gasteiger partial charge in [0.25, 0.3) is 5.91 Å². The highest BCUT2D eigenvalue weighted by atomic mass is 16.5. The van der Waals surface area contributed by atoms with Crippen LogP contribution in [0, 0.1) is 6.92 Å². The van der Waals surface area contributed by atoms with Gasteiger partial charge >= 0.3 is 5.97 Å². The molecular weight excluding hydrogens is 364 g/mol. The number of aryl methyl sites for hydroxylation is 1. The van der Waals surface area contributed by atoms with E-state index in [9.17, 15) is 9.59 Å². The number of rotatable bonds is 5. The van der Waals surface area contributed by atoms with Crippen molar-refractivity contribution in [1.82, 2.24) is 0 Å². The quantitative estimate of drug-likeness (QED) is 0.631. The minimum Gasteiger partial charge on any atom is -0.462 e. The fraction of sp³-hybridized carbons (Fsp3) is 0.167. The van der Waals surface area contributed by atoms with Crippen molar-refractivity contribution in [3.8, 4) is 0 Å². The maximum Gasteiger partial charge on any atom is 0.340 e. The Morgan fingerprint density at radius 1 is 1.00 bits per heavy atom. The van der Waals surface area contributed by atoms with Crippen LogP contribution in [0.5, 0.6) is 0 Å². The van der Waals surface area contributed by atoms with E-state index >= 15 is 0 Å². The Morgan fingerprint density at radius 3 is 2.48 bits per heavy atom. The summed E-state index contributed by atoms with van der Waals surface area (Å²) in [5.74, 6) is -0.461. The Balaban J connectivity index is 1.80. The van der Waals surface area contributed by atoms with Crippen LogP contribution >= 0.6 is 0 Å². The van der Waals surface area contributed by atoms with E-state index in [4.69, 9.17) is 4.74 Å². The lowest BCUT2D eigenvalue weighted by molar-refractivity contribution is 0.0527. The van der Waals surface area contributed by atoms with Crippen LogP contribution in [0.2, 0.25) is 0 Å². The zero-order valence-electron chi connectivity index (χ0n) is 16.4. The maximum absolute atomic E-state index is 13.3. The zero-order chi connectivity index (χ0) is 20.4. The second-order valence-corrected chi connectivity index (χ2v) is 6.86. The van der Waals surface area contributed by atoms with Crippen LogP contribution in [0.15, 0.2) is 72.8 Å². The predicted molar refractivity (Wildman–Crippen MR) is 113 cm³/mol. The number of nitrogens with zero attached hydrogens (tertiary/aromatic N) is 1. The Morgan fingerprint density at radius 2 is 1.69 bits per heavy atom. The molecule has 0 fully saturated rings. The number of nitrogens with one attached hydrogen (secondary N) is 1. The molecule has 5 nitrogen and oxygen atoms in total. The third-order valence-electron chi connectivity index (χ3n) is 5.05. The van der Waals surface area contributed by atoms with E-state index in [1.807, 2.05) is 67.6 Å². The average Bonchev–Trinajstić information content (AvgIpc) is 3.01. The van der Waals surface area contributed by atoms with Crippen molar-refractivity contribution < 1.29 is 14.3 Å². The molecule has 0 saturated carbocycles. The fourth-order valence-corrected chi connectivity index (χ4v) is 3.68. The van der Waals surface area contributed by atoms with Gasteiger partial charge in [-0.2, -0.15) is 0 Å². The van der Waals surface area contributed by atoms with Gasteiger partial charge in [0.15, 0.2) is 0 Å². The molecule has 1 unspecified atom stereocenters. The number of anilines is 2. The van der Waals surface area contributed by atoms with Crippen LogP contribution in [0.1, 0.15) is 44.9 Å². The van der Waals surface area contributed by atoms with Gasteiger partial charge in [0.2, 0.25) is 0 Å². The molecule has 1 heterocycles. The van der Waals surface area contributed by atoms with Crippen molar-refractivity contribution in [2.75, 3.05) is 16.8 Å². The van der Waals surface area contributed by atoms with E-state index in [0.29, 0.717) is 23.4 Å². The molecular formula is C24H22N2O3. The number of hydrogen-bond donors (Lipinski definition) is 1. The van der Waals surface area contributed by atoms with Crippen LogP contribution in [0.4, 0.5) is 11.4 Å². The van der Waals surface area contributed by atoms with Gasteiger partial charge in [0.1, 0.15) is 6.17 Å². The number of benzene rings is 3. The SMILES string of the molecule is CCOC(=O)c1ccccc1NC1c2ccccc2C(=O)N1c1ccccc1C. The first kappa shape index (κ1) is 18.7. The van der Waals surface area contributed by atoms with Crippen molar-refractivity contribution in [1.29, 1.82) is 0 Å². The van der Waals surface area contributed by atoms with Crippen LogP contribution in [0.25, 0.3) is 0 Å². The van der Waals surface area contributed by atoms with E-state index in [1.165, 1.54) is 0 Å². The summed E-state index contributed by atoms with van der Waals surface area (Å²) >= 11 is 0. The molecule has 3 aromatic carbocycles. The molecule has 0 saturated heterocycles. The van der Waals surface area contributed by atoms with Crippen LogP contribution in [0.3, 0.4) is 0 Å². The molecule has 29 heavy (non-hydrogen) atoms. The second-order valence-electron chi connectivity index (χ2n) is 6.86. The summed E-state index contributed by atoms with van der Waals surface area (Å²) in [4.78, 5) is 27.4. The number of hydrogen-bond acceptors (Lipinski definition) is 4. The van der Waals surface area contributed by atoms with Crippen molar-refractivity contribution in [3.63, 3.8) is 0 Å². The number of esters is 1. The first-order chi connectivity index (χ1) is 14.1. The van der Waals surface area contributed by atoms with E-state index in [-0.39, 0.29) is 5.91 Å². The third kappa shape index (κ3) is 3.36. The van der Waals surface area contributed by atoms with E-state index < -0.39 is 12.1 Å². The number of ether oxygens (including phenoxy) is 1. The topological polar surface area (TPSA) is 58.6 Å². The van der Waals surface area contributed by atoms with Gasteiger partial charge in [-0.3, -0.25) is 9.69 Å². The van der Waals surface area contributed by atoms with Gasteiger partial charge in [-0.25, -0.2) is 4.79 Å². The molecule has 0 aliphatic carbocycles. The maximum atomic E-state index is 13.3. The van der Waals surface area contributed by atoms with Crippen molar-refractivity contribution in [2.24, 2.45) is 0 Å². The summed E-state index contributed by atoms with van der Waals surface area (Å²) in [6.07, 6.45) is -0.435. The zero-order valence-corrected chi connectivity index (χ0v) is 16.4. The molecule has 0 aromatic heterocycles. The largest absolute Gasteiger partial charge is 0.462 e. The summed E-state index contributed by atoms with van der Waals surface area (Å²) in [6.45, 7) is 4.06. The predicted octanol–water partition coefficient (Wildman–Crippen LogP) is 4.94. The Kier molecular flexibility index (Phi) is 5.04. The summed E-state index contributed by atoms with van der Waals surface area (Å²) in [5.41, 5.74) is 4.43. The smallest absolute Gasteiger partial charge is 0.340 e. The average molecular weight is 386 g/mol. The number of carbonyl (C=O) groups excluding carboxylic acids is 2. The lowest BCUT2D eigenvalue weighted by Crippen LogP contribution is -2.33. The molecule has 0 radical (unpaired) electrons. The first-order valence-corrected chi connectivity index (χ1v) is 9.62. The Hall–Kier alpha value is -3.60. The van der Waals surface area contributed by atoms with Crippen molar-refractivity contribution in [3.05, 3.63) is 95.1 Å². The van der Waals surface area contributed by atoms with Gasteiger partial charge in [-0.05, 0) is 43.7 Å². The number of para-hydroxylation sites is 2. The minimum atomic E-state index is -0.435. The molecule has 1 N–H and O–H groups in total. The van der Waals surface area contributed by atoms with Gasteiger partial charge in [-0.1, -0.05) is 48.5 Å². The van der Waals surface area contributed by atoms with Gasteiger partial charge in [0, 0.05) is 16.8 Å². The summed E-state index contributed by atoms with van der Waals surface area (Å²) in [6, 6.07) is 22.5. The van der Waals surface area contributed by atoms with Crippen LogP contribution in [-0.4, -0.2) is 18.5 Å². The van der Waals surface area contributed by atoms with Gasteiger partial charge in [-0.15, -0.1) is 0 Å².